The van der Waals surface area contributed by atoms with E-state index in [1.54, 1.807) is 4.68 Å². The minimum atomic E-state index is -0.324. The minimum Gasteiger partial charge on any atom is -0.337 e. The zero-order valence-corrected chi connectivity index (χ0v) is 26.7. The third kappa shape index (κ3) is 6.62. The largest absolute Gasteiger partial charge is 0.337 e. The Bertz CT molecular complexity index is 1840. The van der Waals surface area contributed by atoms with Crippen LogP contribution in [-0.2, 0) is 11.8 Å². The predicted octanol–water partition coefficient (Wildman–Crippen LogP) is 7.17. The van der Waals surface area contributed by atoms with E-state index in [1.807, 2.05) is 96.1 Å². The summed E-state index contributed by atoms with van der Waals surface area (Å²) in [5.41, 5.74) is 6.86. The van der Waals surface area contributed by atoms with Gasteiger partial charge >= 0.3 is 6.03 Å². The van der Waals surface area contributed by atoms with Gasteiger partial charge in [0.15, 0.2) is 0 Å². The molecule has 0 radical (unpaired) electrons. The molecule has 9 nitrogen and oxygen atoms in total. The maximum absolute atomic E-state index is 13.4. The van der Waals surface area contributed by atoms with E-state index in [4.69, 9.17) is 5.10 Å². The third-order valence-corrected chi connectivity index (χ3v) is 8.52. The summed E-state index contributed by atoms with van der Waals surface area (Å²) in [7, 11) is 0. The minimum absolute atomic E-state index is 0.0419. The van der Waals surface area contributed by atoms with E-state index in [2.05, 4.69) is 42.5 Å². The number of amides is 3. The van der Waals surface area contributed by atoms with Gasteiger partial charge in [-0.1, -0.05) is 56.7 Å². The van der Waals surface area contributed by atoms with Crippen molar-refractivity contribution in [3.63, 3.8) is 0 Å². The smallest absolute Gasteiger partial charge is 0.324 e. The Balaban J connectivity index is 1.08. The summed E-state index contributed by atoms with van der Waals surface area (Å²) in [4.78, 5) is 33.1. The van der Waals surface area contributed by atoms with Gasteiger partial charge in [0.2, 0.25) is 0 Å². The number of urea groups is 1. The van der Waals surface area contributed by atoms with Crippen LogP contribution in [0.1, 0.15) is 66.6 Å². The number of hydrogen-bond donors (Lipinski definition) is 2. The van der Waals surface area contributed by atoms with Crippen molar-refractivity contribution in [2.75, 3.05) is 23.7 Å². The molecule has 0 aliphatic carbocycles. The molecule has 0 saturated carbocycles. The zero-order chi connectivity index (χ0) is 31.7. The lowest BCUT2D eigenvalue weighted by Crippen LogP contribution is -2.39. The van der Waals surface area contributed by atoms with Crippen LogP contribution in [0.15, 0.2) is 79.0 Å². The first-order valence-electron chi connectivity index (χ1n) is 15.6. The Hall–Kier alpha value is -4.92. The van der Waals surface area contributed by atoms with Crippen LogP contribution in [0.3, 0.4) is 0 Å². The number of likely N-dealkylation sites (tertiary alicyclic amines) is 1. The number of imidazole rings is 1. The molecule has 1 aliphatic heterocycles. The molecule has 0 spiro atoms. The van der Waals surface area contributed by atoms with Crippen molar-refractivity contribution in [2.45, 2.75) is 59.3 Å². The van der Waals surface area contributed by atoms with E-state index in [1.165, 1.54) is 0 Å². The second-order valence-electron chi connectivity index (χ2n) is 13.1. The summed E-state index contributed by atoms with van der Waals surface area (Å²) >= 11 is 0. The van der Waals surface area contributed by atoms with Crippen molar-refractivity contribution in [2.24, 2.45) is 5.92 Å². The highest BCUT2D eigenvalue weighted by Crippen LogP contribution is 2.28. The second-order valence-corrected chi connectivity index (χ2v) is 13.1. The van der Waals surface area contributed by atoms with Crippen LogP contribution in [0.4, 0.5) is 16.3 Å². The zero-order valence-electron chi connectivity index (χ0n) is 26.7. The second kappa shape index (κ2) is 12.2. The Morgan fingerprint density at radius 2 is 1.67 bits per heavy atom. The summed E-state index contributed by atoms with van der Waals surface area (Å²) in [6.45, 7) is 11.7. The number of aryl methyl sites for hydroxylation is 2. The van der Waals surface area contributed by atoms with Crippen molar-refractivity contribution >= 4 is 29.1 Å². The molecule has 45 heavy (non-hydrogen) atoms. The number of anilines is 2. The van der Waals surface area contributed by atoms with Gasteiger partial charge in [0, 0.05) is 36.5 Å². The summed E-state index contributed by atoms with van der Waals surface area (Å²) < 4.78 is 3.67. The van der Waals surface area contributed by atoms with Crippen LogP contribution < -0.4 is 10.6 Å². The molecule has 1 aliphatic rings. The van der Waals surface area contributed by atoms with E-state index in [0.29, 0.717) is 30.5 Å². The molecule has 5 aromatic rings. The van der Waals surface area contributed by atoms with Crippen LogP contribution >= 0.6 is 0 Å². The van der Waals surface area contributed by atoms with Crippen molar-refractivity contribution < 1.29 is 9.59 Å². The molecule has 2 N–H and O–H groups in total. The fourth-order valence-electron chi connectivity index (χ4n) is 5.97. The fraction of sp³-hybridized carbons (Fsp3) is 0.333. The first kappa shape index (κ1) is 30.1. The van der Waals surface area contributed by atoms with Gasteiger partial charge in [0.1, 0.15) is 17.2 Å². The molecule has 0 unspecified atom stereocenters. The number of aromatic nitrogens is 4. The van der Waals surface area contributed by atoms with Gasteiger partial charge in [-0.25, -0.2) is 14.5 Å². The molecule has 0 atom stereocenters. The molecule has 1 fully saturated rings. The highest BCUT2D eigenvalue weighted by atomic mass is 16.2. The first-order chi connectivity index (χ1) is 21.5. The summed E-state index contributed by atoms with van der Waals surface area (Å²) in [6.07, 6.45) is 4.65. The molecule has 1 saturated heterocycles. The van der Waals surface area contributed by atoms with Crippen molar-refractivity contribution in [3.05, 3.63) is 107 Å². The number of benzene rings is 2. The van der Waals surface area contributed by atoms with Gasteiger partial charge in [0.25, 0.3) is 5.91 Å². The van der Waals surface area contributed by atoms with Crippen LogP contribution in [0.25, 0.3) is 11.3 Å². The van der Waals surface area contributed by atoms with E-state index >= 15 is 0 Å². The highest BCUT2D eigenvalue weighted by Gasteiger charge is 2.27. The average Bonchev–Trinajstić information content (AvgIpc) is 3.58. The quantitative estimate of drug-likeness (QED) is 0.215. The highest BCUT2D eigenvalue weighted by molar-refractivity contribution is 5.99. The molecule has 9 heteroatoms. The number of rotatable bonds is 6. The van der Waals surface area contributed by atoms with Gasteiger partial charge in [0.05, 0.1) is 17.1 Å². The Kier molecular flexibility index (Phi) is 8.18. The number of fused-ring (bicyclic) bond motifs is 1. The van der Waals surface area contributed by atoms with E-state index in [0.717, 1.165) is 58.8 Å². The number of carbonyl (C=O) groups excluding carboxylic acids is 2. The molecule has 0 bridgehead atoms. The average molecular weight is 604 g/mol. The Labute approximate surface area is 264 Å². The number of nitrogens with one attached hydrogen (secondary N) is 2. The Morgan fingerprint density at radius 1 is 0.911 bits per heavy atom. The van der Waals surface area contributed by atoms with E-state index in [9.17, 15) is 9.59 Å². The van der Waals surface area contributed by atoms with Crippen LogP contribution in [0, 0.1) is 19.8 Å². The molecule has 4 heterocycles. The number of pyridine rings is 1. The van der Waals surface area contributed by atoms with Crippen LogP contribution in [-0.4, -0.2) is 49.1 Å². The number of hydrogen-bond acceptors (Lipinski definition) is 4. The van der Waals surface area contributed by atoms with E-state index in [-0.39, 0.29) is 17.4 Å². The molecule has 232 valence electrons. The van der Waals surface area contributed by atoms with Crippen molar-refractivity contribution in [1.29, 1.82) is 0 Å². The summed E-state index contributed by atoms with van der Waals surface area (Å²) in [6, 6.07) is 23.5. The number of carbonyl (C=O) groups is 2. The SMILES string of the molecule is Cc1ccc(-n2nc(C(C)(C)C)cc2NC(=O)Nc2cccc(CC3CCN(C(=O)c4c(C)nc5ccccn45)CC3)c2)cc1. The molecule has 3 amide bonds. The Morgan fingerprint density at radius 3 is 2.40 bits per heavy atom. The normalized spacial score (nSPS) is 14.1. The lowest BCUT2D eigenvalue weighted by Gasteiger charge is -2.32. The molecular formula is C36H41N7O2. The van der Waals surface area contributed by atoms with Gasteiger partial charge in [-0.15, -0.1) is 0 Å². The van der Waals surface area contributed by atoms with Crippen molar-refractivity contribution in [1.82, 2.24) is 24.1 Å². The van der Waals surface area contributed by atoms with E-state index < -0.39 is 0 Å². The fourth-order valence-corrected chi connectivity index (χ4v) is 5.97. The number of nitrogens with zero attached hydrogens (tertiary/aromatic N) is 5. The van der Waals surface area contributed by atoms with Crippen molar-refractivity contribution in [3.8, 4) is 5.69 Å². The lowest BCUT2D eigenvalue weighted by molar-refractivity contribution is 0.0682. The monoisotopic (exact) mass is 603 g/mol. The standard InChI is InChI=1S/C36H41N7O2/c1-24-12-14-29(15-13-24)43-32(23-30(40-43)36(3,4)5)39-35(45)38-28-10-8-9-27(22-28)21-26-16-19-41(20-17-26)34(44)33-25(2)37-31-11-6-7-18-42(31)33/h6-15,18,22-23,26H,16-17,19-21H2,1-5H3,(H2,38,39,45). The molecule has 2 aromatic carbocycles. The predicted molar refractivity (Wildman–Crippen MR) is 178 cm³/mol. The number of piperidine rings is 1. The van der Waals surface area contributed by atoms with Gasteiger partial charge in [-0.2, -0.15) is 5.10 Å². The van der Waals surface area contributed by atoms with Gasteiger partial charge in [-0.05, 0) is 81.0 Å². The lowest BCUT2D eigenvalue weighted by atomic mass is 9.90. The molecule has 3 aromatic heterocycles. The van der Waals surface area contributed by atoms with Gasteiger partial charge in [-0.3, -0.25) is 14.5 Å². The topological polar surface area (TPSA) is 96.6 Å². The summed E-state index contributed by atoms with van der Waals surface area (Å²) in [5.74, 6) is 1.11. The van der Waals surface area contributed by atoms with Crippen LogP contribution in [0.5, 0.6) is 0 Å². The van der Waals surface area contributed by atoms with Crippen LogP contribution in [0.2, 0.25) is 0 Å². The maximum atomic E-state index is 13.4. The third-order valence-electron chi connectivity index (χ3n) is 8.52. The first-order valence-corrected chi connectivity index (χ1v) is 15.6. The maximum Gasteiger partial charge on any atom is 0.324 e. The molecular weight excluding hydrogens is 562 g/mol. The summed E-state index contributed by atoms with van der Waals surface area (Å²) in [5, 5.41) is 10.8. The van der Waals surface area contributed by atoms with Gasteiger partial charge < -0.3 is 10.2 Å². The molecule has 6 rings (SSSR count).